The molecule has 156 valence electrons. The standard InChI is InChI=1S/C23H34O5/c1-13(20(24)28-23(3)9-5-4-6-10-23)11-17-19(22(26)27-21(17)25)18-14(2)15-7-8-16(18)12-15/h13-19H,4-12H2,1-3H3. The molecule has 0 N–H and O–H groups in total. The minimum absolute atomic E-state index is 0.224. The Bertz CT molecular complexity index is 647. The van der Waals surface area contributed by atoms with E-state index in [4.69, 9.17) is 9.47 Å². The highest BCUT2D eigenvalue weighted by atomic mass is 16.6. The van der Waals surface area contributed by atoms with Gasteiger partial charge in [0.15, 0.2) is 0 Å². The first-order chi connectivity index (χ1) is 13.3. The average molecular weight is 391 g/mol. The van der Waals surface area contributed by atoms with Crippen molar-refractivity contribution < 1.29 is 23.9 Å². The molecule has 7 atom stereocenters. The predicted octanol–water partition coefficient (Wildman–Crippen LogP) is 4.28. The summed E-state index contributed by atoms with van der Waals surface area (Å²) in [6, 6.07) is 0. The smallest absolute Gasteiger partial charge is 0.317 e. The molecular formula is C23H34O5. The van der Waals surface area contributed by atoms with Crippen molar-refractivity contribution in [3.63, 3.8) is 0 Å². The zero-order valence-corrected chi connectivity index (χ0v) is 17.4. The molecule has 3 saturated carbocycles. The third-order valence-corrected chi connectivity index (χ3v) is 8.30. The van der Waals surface area contributed by atoms with Gasteiger partial charge in [0.1, 0.15) is 5.60 Å². The zero-order valence-electron chi connectivity index (χ0n) is 17.4. The summed E-state index contributed by atoms with van der Waals surface area (Å²) in [5, 5.41) is 0. The monoisotopic (exact) mass is 390 g/mol. The van der Waals surface area contributed by atoms with E-state index >= 15 is 0 Å². The molecule has 0 aromatic heterocycles. The second-order valence-corrected chi connectivity index (χ2v) is 10.2. The highest BCUT2D eigenvalue weighted by molar-refractivity contribution is 5.97. The molecular weight excluding hydrogens is 356 g/mol. The fraction of sp³-hybridized carbons (Fsp3) is 0.870. The number of hydrogen-bond donors (Lipinski definition) is 0. The summed E-state index contributed by atoms with van der Waals surface area (Å²) in [6.07, 6.45) is 9.10. The van der Waals surface area contributed by atoms with Crippen molar-refractivity contribution in [2.45, 2.75) is 84.2 Å². The second kappa shape index (κ2) is 7.46. The molecule has 4 fully saturated rings. The van der Waals surface area contributed by atoms with Crippen LogP contribution in [0, 0.1) is 41.4 Å². The van der Waals surface area contributed by atoms with Gasteiger partial charge in [-0.1, -0.05) is 20.3 Å². The molecule has 1 aliphatic heterocycles. The van der Waals surface area contributed by atoms with Gasteiger partial charge in [-0.3, -0.25) is 14.4 Å². The molecule has 1 heterocycles. The van der Waals surface area contributed by atoms with E-state index in [2.05, 4.69) is 6.92 Å². The van der Waals surface area contributed by atoms with Gasteiger partial charge in [0, 0.05) is 0 Å². The van der Waals surface area contributed by atoms with Gasteiger partial charge in [0.25, 0.3) is 0 Å². The van der Waals surface area contributed by atoms with Crippen LogP contribution in [0.4, 0.5) is 0 Å². The minimum atomic E-state index is -0.499. The van der Waals surface area contributed by atoms with Crippen LogP contribution in [0.1, 0.15) is 78.6 Å². The third-order valence-electron chi connectivity index (χ3n) is 8.30. The molecule has 3 aliphatic carbocycles. The predicted molar refractivity (Wildman–Crippen MR) is 103 cm³/mol. The third kappa shape index (κ3) is 3.50. The van der Waals surface area contributed by atoms with Gasteiger partial charge < -0.3 is 9.47 Å². The molecule has 0 radical (unpaired) electrons. The Morgan fingerprint density at radius 2 is 1.82 bits per heavy atom. The van der Waals surface area contributed by atoms with E-state index in [1.54, 1.807) is 0 Å². The molecule has 0 spiro atoms. The molecule has 0 amide bonds. The van der Waals surface area contributed by atoms with Gasteiger partial charge >= 0.3 is 17.9 Å². The van der Waals surface area contributed by atoms with Crippen LogP contribution >= 0.6 is 0 Å². The van der Waals surface area contributed by atoms with E-state index in [1.165, 1.54) is 19.3 Å². The van der Waals surface area contributed by atoms with Crippen molar-refractivity contribution in [1.82, 2.24) is 0 Å². The Morgan fingerprint density at radius 1 is 1.14 bits per heavy atom. The van der Waals surface area contributed by atoms with Gasteiger partial charge in [-0.05, 0) is 82.0 Å². The van der Waals surface area contributed by atoms with Crippen LogP contribution in [0.2, 0.25) is 0 Å². The molecule has 5 heteroatoms. The fourth-order valence-corrected chi connectivity index (χ4v) is 6.69. The number of ether oxygens (including phenoxy) is 2. The van der Waals surface area contributed by atoms with E-state index < -0.39 is 17.8 Å². The van der Waals surface area contributed by atoms with E-state index in [0.717, 1.165) is 32.1 Å². The lowest BCUT2D eigenvalue weighted by atomic mass is 9.68. The quantitative estimate of drug-likeness (QED) is 0.518. The van der Waals surface area contributed by atoms with Gasteiger partial charge in [-0.15, -0.1) is 0 Å². The molecule has 4 aliphatic rings. The van der Waals surface area contributed by atoms with Crippen molar-refractivity contribution >= 4 is 17.9 Å². The van der Waals surface area contributed by atoms with Crippen molar-refractivity contribution in [1.29, 1.82) is 0 Å². The van der Waals surface area contributed by atoms with Crippen LogP contribution in [-0.4, -0.2) is 23.5 Å². The van der Waals surface area contributed by atoms with Crippen LogP contribution in [0.25, 0.3) is 0 Å². The second-order valence-electron chi connectivity index (χ2n) is 10.2. The molecule has 0 aromatic rings. The lowest BCUT2D eigenvalue weighted by Gasteiger charge is -2.35. The van der Waals surface area contributed by atoms with Crippen molar-refractivity contribution in [2.75, 3.05) is 0 Å². The highest BCUT2D eigenvalue weighted by Gasteiger charge is 2.57. The maximum Gasteiger partial charge on any atom is 0.317 e. The van der Waals surface area contributed by atoms with Gasteiger partial charge in [-0.2, -0.15) is 0 Å². The summed E-state index contributed by atoms with van der Waals surface area (Å²) in [4.78, 5) is 37.8. The highest BCUT2D eigenvalue weighted by Crippen LogP contribution is 2.57. The van der Waals surface area contributed by atoms with Crippen LogP contribution < -0.4 is 0 Å². The normalized spacial score (nSPS) is 40.4. The van der Waals surface area contributed by atoms with Crippen molar-refractivity contribution in [2.24, 2.45) is 41.4 Å². The topological polar surface area (TPSA) is 69.7 Å². The first-order valence-electron chi connectivity index (χ1n) is 11.3. The van der Waals surface area contributed by atoms with E-state index in [-0.39, 0.29) is 29.4 Å². The first kappa shape index (κ1) is 19.9. The SMILES string of the molecule is CC(CC1C(=O)OC(=O)C1C1C2CCC(C2)C1C)C(=O)OC1(C)CCCCC1. The Kier molecular flexibility index (Phi) is 5.30. The summed E-state index contributed by atoms with van der Waals surface area (Å²) in [5.41, 5.74) is -0.381. The average Bonchev–Trinajstić information content (AvgIpc) is 3.30. The van der Waals surface area contributed by atoms with Gasteiger partial charge in [0.05, 0.1) is 17.8 Å². The fourth-order valence-electron chi connectivity index (χ4n) is 6.69. The van der Waals surface area contributed by atoms with Gasteiger partial charge in [0.2, 0.25) is 0 Å². The molecule has 1 saturated heterocycles. The summed E-state index contributed by atoms with van der Waals surface area (Å²) in [7, 11) is 0. The van der Waals surface area contributed by atoms with Crippen molar-refractivity contribution in [3.8, 4) is 0 Å². The lowest BCUT2D eigenvalue weighted by molar-refractivity contribution is -0.166. The number of esters is 3. The Hall–Kier alpha value is -1.39. The number of fused-ring (bicyclic) bond motifs is 2. The molecule has 2 bridgehead atoms. The van der Waals surface area contributed by atoms with Crippen LogP contribution in [0.5, 0.6) is 0 Å². The maximum absolute atomic E-state index is 12.8. The lowest BCUT2D eigenvalue weighted by Crippen LogP contribution is -2.38. The number of hydrogen-bond acceptors (Lipinski definition) is 5. The zero-order chi connectivity index (χ0) is 20.1. The Balaban J connectivity index is 1.43. The Morgan fingerprint density at radius 3 is 2.46 bits per heavy atom. The molecule has 7 unspecified atom stereocenters. The number of carbonyl (C=O) groups is 3. The summed E-state index contributed by atoms with van der Waals surface area (Å²) in [6.45, 7) is 6.07. The number of carbonyl (C=O) groups excluding carboxylic acids is 3. The molecule has 28 heavy (non-hydrogen) atoms. The maximum atomic E-state index is 12.8. The van der Waals surface area contributed by atoms with E-state index in [9.17, 15) is 14.4 Å². The first-order valence-corrected chi connectivity index (χ1v) is 11.3. The summed E-state index contributed by atoms with van der Waals surface area (Å²) >= 11 is 0. The van der Waals surface area contributed by atoms with Crippen LogP contribution in [0.3, 0.4) is 0 Å². The molecule has 0 aromatic carbocycles. The summed E-state index contributed by atoms with van der Waals surface area (Å²) in [5.74, 6) is -0.445. The minimum Gasteiger partial charge on any atom is -0.459 e. The van der Waals surface area contributed by atoms with Crippen molar-refractivity contribution in [3.05, 3.63) is 0 Å². The van der Waals surface area contributed by atoms with E-state index in [1.807, 2.05) is 13.8 Å². The van der Waals surface area contributed by atoms with E-state index in [0.29, 0.717) is 24.2 Å². The number of rotatable bonds is 5. The molecule has 4 rings (SSSR count). The molecule has 5 nitrogen and oxygen atoms in total. The van der Waals surface area contributed by atoms with Crippen LogP contribution in [0.15, 0.2) is 0 Å². The number of cyclic esters (lactones) is 2. The van der Waals surface area contributed by atoms with Crippen LogP contribution in [-0.2, 0) is 23.9 Å². The van der Waals surface area contributed by atoms with Gasteiger partial charge in [-0.25, -0.2) is 0 Å². The summed E-state index contributed by atoms with van der Waals surface area (Å²) < 4.78 is 10.9. The largest absolute Gasteiger partial charge is 0.459 e. The Labute approximate surface area is 167 Å².